The Hall–Kier alpha value is -3.94. The SMILES string of the molecule is C[C@H](NC(=O)C(C)(F)F)[C@@H](c1ccc(CC2(OC(=O)C(C)(F)F)CC2)cc1)n1ncc2cc(C#N)ccc21. The second-order valence-electron chi connectivity index (χ2n) is 9.95. The highest BCUT2D eigenvalue weighted by molar-refractivity contribution is 5.83. The number of hydrogen-bond acceptors (Lipinski definition) is 5. The van der Waals surface area contributed by atoms with Crippen molar-refractivity contribution >= 4 is 22.8 Å². The fourth-order valence-electron chi connectivity index (χ4n) is 4.34. The number of nitrogens with one attached hydrogen (secondary N) is 1. The first-order valence-corrected chi connectivity index (χ1v) is 12.0. The lowest BCUT2D eigenvalue weighted by Crippen LogP contribution is -2.46. The molecule has 0 aliphatic heterocycles. The van der Waals surface area contributed by atoms with Crippen molar-refractivity contribution in [3.05, 3.63) is 65.4 Å². The minimum Gasteiger partial charge on any atom is -0.454 e. The van der Waals surface area contributed by atoms with Gasteiger partial charge in [0, 0.05) is 25.7 Å². The van der Waals surface area contributed by atoms with Gasteiger partial charge in [0.05, 0.1) is 35.4 Å². The van der Waals surface area contributed by atoms with E-state index in [9.17, 15) is 32.4 Å². The maximum Gasteiger partial charge on any atom is 0.377 e. The van der Waals surface area contributed by atoms with E-state index in [0.717, 1.165) is 5.56 Å². The molecule has 1 aliphatic carbocycles. The van der Waals surface area contributed by atoms with Crippen molar-refractivity contribution in [3.63, 3.8) is 0 Å². The monoisotopic (exact) mass is 530 g/mol. The average molecular weight is 531 g/mol. The lowest BCUT2D eigenvalue weighted by molar-refractivity contribution is -0.177. The lowest BCUT2D eigenvalue weighted by atomic mass is 9.96. The molecule has 0 spiro atoms. The smallest absolute Gasteiger partial charge is 0.377 e. The number of alkyl halides is 4. The van der Waals surface area contributed by atoms with Gasteiger partial charge in [-0.3, -0.25) is 9.48 Å². The molecule has 1 aromatic heterocycles. The Morgan fingerprint density at radius 3 is 2.34 bits per heavy atom. The third-order valence-electron chi connectivity index (χ3n) is 6.54. The van der Waals surface area contributed by atoms with E-state index in [1.165, 1.54) is 0 Å². The van der Waals surface area contributed by atoms with Crippen LogP contribution in [0.4, 0.5) is 17.6 Å². The second-order valence-corrected chi connectivity index (χ2v) is 9.95. The zero-order valence-electron chi connectivity index (χ0n) is 21.0. The predicted molar refractivity (Wildman–Crippen MR) is 130 cm³/mol. The molecule has 1 heterocycles. The van der Waals surface area contributed by atoms with Crippen LogP contribution in [0.3, 0.4) is 0 Å². The number of rotatable bonds is 9. The largest absolute Gasteiger partial charge is 0.454 e. The highest BCUT2D eigenvalue weighted by Gasteiger charge is 2.50. The van der Waals surface area contributed by atoms with Gasteiger partial charge in [-0.15, -0.1) is 0 Å². The molecule has 1 fully saturated rings. The number of benzene rings is 2. The molecule has 0 bridgehead atoms. The summed E-state index contributed by atoms with van der Waals surface area (Å²) in [6.45, 7) is 2.60. The first-order chi connectivity index (χ1) is 17.7. The maximum atomic E-state index is 13.7. The third-order valence-corrected chi connectivity index (χ3v) is 6.54. The Balaban J connectivity index is 1.64. The Morgan fingerprint density at radius 2 is 1.79 bits per heavy atom. The molecule has 1 N–H and O–H groups in total. The number of carbonyl (C=O) groups excluding carboxylic acids is 2. The second kappa shape index (κ2) is 9.74. The van der Waals surface area contributed by atoms with Crippen LogP contribution < -0.4 is 5.32 Å². The molecule has 0 unspecified atom stereocenters. The van der Waals surface area contributed by atoms with Crippen molar-refractivity contribution < 1.29 is 31.9 Å². The summed E-state index contributed by atoms with van der Waals surface area (Å²) < 4.78 is 60.6. The molecule has 1 aliphatic rings. The molecule has 0 saturated heterocycles. The summed E-state index contributed by atoms with van der Waals surface area (Å²) in [6, 6.07) is 12.4. The molecular weight excluding hydrogens is 504 g/mol. The van der Waals surface area contributed by atoms with Crippen molar-refractivity contribution in [3.8, 4) is 6.07 Å². The van der Waals surface area contributed by atoms with Crippen LogP contribution in [0.15, 0.2) is 48.7 Å². The number of carbonyl (C=O) groups is 2. The number of fused-ring (bicyclic) bond motifs is 1. The Morgan fingerprint density at radius 1 is 1.13 bits per heavy atom. The molecule has 2 aromatic carbocycles. The van der Waals surface area contributed by atoms with Crippen molar-refractivity contribution in [2.75, 3.05) is 0 Å². The Bertz CT molecular complexity index is 1400. The number of ether oxygens (including phenoxy) is 1. The minimum absolute atomic E-state index is 0.246. The third kappa shape index (κ3) is 5.79. The predicted octanol–water partition coefficient (Wildman–Crippen LogP) is 4.93. The molecule has 2 atom stereocenters. The van der Waals surface area contributed by atoms with Gasteiger partial charge in [0.25, 0.3) is 5.91 Å². The summed E-state index contributed by atoms with van der Waals surface area (Å²) in [5.74, 6) is -10.2. The molecule has 0 radical (unpaired) electrons. The average Bonchev–Trinajstić information content (AvgIpc) is 3.46. The van der Waals surface area contributed by atoms with Gasteiger partial charge >= 0.3 is 17.8 Å². The molecule has 3 aromatic rings. The number of esters is 1. The van der Waals surface area contributed by atoms with Crippen LogP contribution in [0.25, 0.3) is 10.9 Å². The van der Waals surface area contributed by atoms with E-state index in [2.05, 4.69) is 16.5 Å². The van der Waals surface area contributed by atoms with Crippen LogP contribution in [0, 0.1) is 11.3 Å². The van der Waals surface area contributed by atoms with Crippen LogP contribution in [0.1, 0.15) is 56.3 Å². The van der Waals surface area contributed by atoms with Crippen LogP contribution in [-0.2, 0) is 20.7 Å². The van der Waals surface area contributed by atoms with E-state index in [0.29, 0.717) is 48.7 Å². The van der Waals surface area contributed by atoms with E-state index < -0.39 is 41.4 Å². The van der Waals surface area contributed by atoms with E-state index >= 15 is 0 Å². The Kier molecular flexibility index (Phi) is 6.95. The lowest BCUT2D eigenvalue weighted by Gasteiger charge is -2.28. The maximum absolute atomic E-state index is 13.7. The van der Waals surface area contributed by atoms with Crippen LogP contribution >= 0.6 is 0 Å². The summed E-state index contributed by atoms with van der Waals surface area (Å²) in [6.07, 6.45) is 2.74. The van der Waals surface area contributed by atoms with Crippen molar-refractivity contribution in [1.82, 2.24) is 15.1 Å². The van der Waals surface area contributed by atoms with Gasteiger partial charge in [0.15, 0.2) is 0 Å². The quantitative estimate of drug-likeness (QED) is 0.313. The Labute approximate surface area is 216 Å². The number of amides is 1. The van der Waals surface area contributed by atoms with E-state index in [1.54, 1.807) is 60.3 Å². The summed E-state index contributed by atoms with van der Waals surface area (Å²) >= 11 is 0. The van der Waals surface area contributed by atoms with Crippen LogP contribution in [0.2, 0.25) is 0 Å². The first-order valence-electron chi connectivity index (χ1n) is 12.0. The summed E-state index contributed by atoms with van der Waals surface area (Å²) in [5.41, 5.74) is 1.46. The number of nitrogens with zero attached hydrogens (tertiary/aromatic N) is 3. The number of aromatic nitrogens is 2. The van der Waals surface area contributed by atoms with Gasteiger partial charge < -0.3 is 10.1 Å². The molecule has 200 valence electrons. The zero-order chi connectivity index (χ0) is 27.9. The fraction of sp³-hybridized carbons (Fsp3) is 0.407. The van der Waals surface area contributed by atoms with E-state index in [1.807, 2.05) is 0 Å². The van der Waals surface area contributed by atoms with Crippen LogP contribution in [-0.4, -0.2) is 45.1 Å². The molecular formula is C27H26F4N4O3. The zero-order valence-corrected chi connectivity index (χ0v) is 21.0. The number of hydrogen-bond donors (Lipinski definition) is 1. The van der Waals surface area contributed by atoms with Gasteiger partial charge in [-0.25, -0.2) is 4.79 Å². The molecule has 11 heteroatoms. The van der Waals surface area contributed by atoms with E-state index in [4.69, 9.17) is 4.74 Å². The first kappa shape index (κ1) is 27.1. The minimum atomic E-state index is -3.58. The summed E-state index contributed by atoms with van der Waals surface area (Å²) in [5, 5.41) is 16.6. The topological polar surface area (TPSA) is 97.0 Å². The highest BCUT2D eigenvalue weighted by Crippen LogP contribution is 2.44. The van der Waals surface area contributed by atoms with Crippen molar-refractivity contribution in [2.24, 2.45) is 0 Å². The fourth-order valence-corrected chi connectivity index (χ4v) is 4.34. The molecule has 1 saturated carbocycles. The van der Waals surface area contributed by atoms with Gasteiger partial charge in [0.2, 0.25) is 0 Å². The van der Waals surface area contributed by atoms with Crippen molar-refractivity contribution in [1.29, 1.82) is 5.26 Å². The normalized spacial score (nSPS) is 16.4. The molecule has 38 heavy (non-hydrogen) atoms. The standard InChI is InChI=1S/C27H26F4N4O3/c1-16(34-23(36)25(2,28)29)22(35-21-9-6-18(14-32)12-20(21)15-33-35)19-7-4-17(5-8-19)13-27(10-11-27)38-24(37)26(3,30)31/h4-9,12,15-16,22H,10-11,13H2,1-3H3,(H,34,36)/t16-,22-/m0/s1. The van der Waals surface area contributed by atoms with Gasteiger partial charge in [-0.05, 0) is 49.1 Å². The van der Waals surface area contributed by atoms with Gasteiger partial charge in [-0.1, -0.05) is 24.3 Å². The highest BCUT2D eigenvalue weighted by atomic mass is 19.3. The van der Waals surface area contributed by atoms with E-state index in [-0.39, 0.29) is 6.42 Å². The van der Waals surface area contributed by atoms with Crippen LogP contribution in [0.5, 0.6) is 0 Å². The molecule has 4 rings (SSSR count). The molecule has 7 nitrogen and oxygen atoms in total. The van der Waals surface area contributed by atoms with Gasteiger partial charge in [-0.2, -0.15) is 27.9 Å². The molecule has 1 amide bonds. The summed E-state index contributed by atoms with van der Waals surface area (Å²) in [7, 11) is 0. The van der Waals surface area contributed by atoms with Crippen molar-refractivity contribution in [2.45, 2.75) is 69.6 Å². The number of halogens is 4. The summed E-state index contributed by atoms with van der Waals surface area (Å²) in [4.78, 5) is 23.8. The van der Waals surface area contributed by atoms with Gasteiger partial charge in [0.1, 0.15) is 5.60 Å². The number of nitriles is 1.